The van der Waals surface area contributed by atoms with Crippen molar-refractivity contribution in [1.82, 2.24) is 0 Å². The molecule has 0 aliphatic carbocycles. The number of anilines is 1. The number of hydrogen-bond acceptors (Lipinski definition) is 3. The van der Waals surface area contributed by atoms with Gasteiger partial charge in [0.1, 0.15) is 24.0 Å². The molecule has 0 aliphatic rings. The summed E-state index contributed by atoms with van der Waals surface area (Å²) in [5.41, 5.74) is 0.313. The van der Waals surface area contributed by atoms with Crippen LogP contribution in [0.2, 0.25) is 0 Å². The van der Waals surface area contributed by atoms with Gasteiger partial charge in [-0.15, -0.1) is 0 Å². The molecule has 0 unspecified atom stereocenters. The molecular weight excluding hydrogens is 431 g/mol. The van der Waals surface area contributed by atoms with Crippen LogP contribution in [0.5, 0.6) is 5.75 Å². The van der Waals surface area contributed by atoms with E-state index in [0.717, 1.165) is 12.1 Å². The lowest BCUT2D eigenvalue weighted by atomic mass is 10.2. The van der Waals surface area contributed by atoms with E-state index in [2.05, 4.69) is 5.32 Å². The van der Waals surface area contributed by atoms with Crippen LogP contribution < -0.4 is 10.1 Å². The molecule has 2 rings (SSSR count). The van der Waals surface area contributed by atoms with E-state index in [1.165, 1.54) is 0 Å². The molecule has 0 atom stereocenters. The summed E-state index contributed by atoms with van der Waals surface area (Å²) < 4.78 is 37.7. The molecule has 1 amide bonds. The maximum Gasteiger partial charge on any atom is 0.259 e. The van der Waals surface area contributed by atoms with E-state index in [-0.39, 0.29) is 14.8 Å². The molecule has 24 heavy (non-hydrogen) atoms. The van der Waals surface area contributed by atoms with Gasteiger partial charge in [-0.3, -0.25) is 4.79 Å². The van der Waals surface area contributed by atoms with Gasteiger partial charge in [-0.1, -0.05) is 12.1 Å². The first-order valence-electron chi connectivity index (χ1n) is 7.28. The first kappa shape index (κ1) is 18.6. The number of ether oxygens (including phenoxy) is 2. The molecule has 2 aromatic carbocycles. The number of amides is 1. The summed E-state index contributed by atoms with van der Waals surface area (Å²) in [5.74, 6) is -1.59. The van der Waals surface area contributed by atoms with Crippen LogP contribution in [0.1, 0.15) is 17.3 Å². The van der Waals surface area contributed by atoms with Gasteiger partial charge in [-0.25, -0.2) is 8.78 Å². The second kappa shape index (κ2) is 8.93. The van der Waals surface area contributed by atoms with E-state index in [1.807, 2.05) is 6.92 Å². The third-order valence-electron chi connectivity index (χ3n) is 3.06. The van der Waals surface area contributed by atoms with E-state index >= 15 is 0 Å². The number of nitrogens with one attached hydrogen (secondary N) is 1. The predicted octanol–water partition coefficient (Wildman–Crippen LogP) is 4.24. The van der Waals surface area contributed by atoms with Crippen LogP contribution in [0.15, 0.2) is 36.4 Å². The van der Waals surface area contributed by atoms with Crippen LogP contribution in [0.4, 0.5) is 14.5 Å². The SMILES string of the molecule is CCOCCOc1ccccc1C(=O)Nc1cc(F)c(I)c(F)c1. The van der Waals surface area contributed by atoms with E-state index in [4.69, 9.17) is 9.47 Å². The maximum absolute atomic E-state index is 13.6. The van der Waals surface area contributed by atoms with Crippen LogP contribution >= 0.6 is 22.6 Å². The summed E-state index contributed by atoms with van der Waals surface area (Å²) in [6.45, 7) is 3.15. The molecule has 4 nitrogen and oxygen atoms in total. The number of para-hydroxylation sites is 1. The third kappa shape index (κ3) is 4.88. The first-order chi connectivity index (χ1) is 11.5. The summed E-state index contributed by atoms with van der Waals surface area (Å²) >= 11 is 1.56. The van der Waals surface area contributed by atoms with Crippen molar-refractivity contribution in [2.45, 2.75) is 6.92 Å². The van der Waals surface area contributed by atoms with E-state index in [9.17, 15) is 13.6 Å². The number of carbonyl (C=O) groups is 1. The zero-order chi connectivity index (χ0) is 17.5. The van der Waals surface area contributed by atoms with Crippen molar-refractivity contribution in [3.8, 4) is 5.75 Å². The predicted molar refractivity (Wildman–Crippen MR) is 95.5 cm³/mol. The van der Waals surface area contributed by atoms with Gasteiger partial charge in [-0.05, 0) is 53.8 Å². The summed E-state index contributed by atoms with van der Waals surface area (Å²) in [6.07, 6.45) is 0. The Kier molecular flexibility index (Phi) is 6.92. The van der Waals surface area contributed by atoms with E-state index in [0.29, 0.717) is 25.6 Å². The van der Waals surface area contributed by atoms with Gasteiger partial charge in [0.25, 0.3) is 5.91 Å². The van der Waals surface area contributed by atoms with Crippen LogP contribution in [0.25, 0.3) is 0 Å². The van der Waals surface area contributed by atoms with Gasteiger partial charge in [0.05, 0.1) is 15.7 Å². The van der Waals surface area contributed by atoms with Crippen molar-refractivity contribution >= 4 is 34.2 Å². The first-order valence-corrected chi connectivity index (χ1v) is 8.36. The molecule has 7 heteroatoms. The molecule has 0 fully saturated rings. The number of carbonyl (C=O) groups excluding carboxylic acids is 1. The van der Waals surface area contributed by atoms with Gasteiger partial charge in [0, 0.05) is 12.3 Å². The molecule has 0 spiro atoms. The molecule has 0 heterocycles. The fraction of sp³-hybridized carbons (Fsp3) is 0.235. The summed E-state index contributed by atoms with van der Waals surface area (Å²) in [7, 11) is 0. The average molecular weight is 447 g/mol. The van der Waals surface area contributed by atoms with Crippen LogP contribution in [-0.4, -0.2) is 25.7 Å². The van der Waals surface area contributed by atoms with Crippen molar-refractivity contribution in [3.63, 3.8) is 0 Å². The summed E-state index contributed by atoms with van der Waals surface area (Å²) in [4.78, 5) is 12.4. The van der Waals surface area contributed by atoms with Gasteiger partial charge >= 0.3 is 0 Å². The molecule has 128 valence electrons. The topological polar surface area (TPSA) is 47.6 Å². The minimum atomic E-state index is -0.729. The quantitative estimate of drug-likeness (QED) is 0.393. The minimum Gasteiger partial charge on any atom is -0.490 e. The average Bonchev–Trinajstić information content (AvgIpc) is 2.57. The second-order valence-corrected chi connectivity index (χ2v) is 5.83. The van der Waals surface area contributed by atoms with E-state index in [1.54, 1.807) is 46.9 Å². The minimum absolute atomic E-state index is 0.0412. The second-order valence-electron chi connectivity index (χ2n) is 4.75. The zero-order valence-electron chi connectivity index (χ0n) is 12.9. The number of hydrogen-bond donors (Lipinski definition) is 1. The monoisotopic (exact) mass is 447 g/mol. The van der Waals surface area contributed by atoms with E-state index < -0.39 is 17.5 Å². The normalized spacial score (nSPS) is 10.5. The number of rotatable bonds is 7. The van der Waals surface area contributed by atoms with Crippen LogP contribution in [0.3, 0.4) is 0 Å². The highest BCUT2D eigenvalue weighted by Crippen LogP contribution is 2.23. The Morgan fingerprint density at radius 3 is 2.50 bits per heavy atom. The summed E-state index contributed by atoms with van der Waals surface area (Å²) in [6, 6.07) is 8.78. The van der Waals surface area contributed by atoms with Crippen molar-refractivity contribution in [2.24, 2.45) is 0 Å². The van der Waals surface area contributed by atoms with Gasteiger partial charge < -0.3 is 14.8 Å². The number of halogens is 3. The Morgan fingerprint density at radius 1 is 1.17 bits per heavy atom. The smallest absolute Gasteiger partial charge is 0.259 e. The molecule has 0 radical (unpaired) electrons. The van der Waals surface area contributed by atoms with Crippen molar-refractivity contribution in [1.29, 1.82) is 0 Å². The highest BCUT2D eigenvalue weighted by Gasteiger charge is 2.15. The van der Waals surface area contributed by atoms with Crippen molar-refractivity contribution in [2.75, 3.05) is 25.1 Å². The molecule has 0 bridgehead atoms. The Bertz CT molecular complexity index is 702. The van der Waals surface area contributed by atoms with Gasteiger partial charge in [0.2, 0.25) is 0 Å². The molecule has 1 N–H and O–H groups in total. The van der Waals surface area contributed by atoms with Crippen LogP contribution in [0, 0.1) is 15.2 Å². The Morgan fingerprint density at radius 2 is 1.83 bits per heavy atom. The highest BCUT2D eigenvalue weighted by atomic mass is 127. The molecular formula is C17H16F2INO3. The summed E-state index contributed by atoms with van der Waals surface area (Å²) in [5, 5.41) is 2.48. The zero-order valence-corrected chi connectivity index (χ0v) is 15.1. The van der Waals surface area contributed by atoms with Crippen molar-refractivity contribution in [3.05, 3.63) is 57.2 Å². The lowest BCUT2D eigenvalue weighted by molar-refractivity contribution is 0.0998. The third-order valence-corrected chi connectivity index (χ3v) is 4.09. The van der Waals surface area contributed by atoms with Crippen LogP contribution in [-0.2, 0) is 4.74 Å². The Labute approximate surface area is 152 Å². The molecule has 0 saturated carbocycles. The highest BCUT2D eigenvalue weighted by molar-refractivity contribution is 14.1. The molecule has 0 aromatic heterocycles. The van der Waals surface area contributed by atoms with Crippen molar-refractivity contribution < 1.29 is 23.0 Å². The Balaban J connectivity index is 2.12. The Hall–Kier alpha value is -1.74. The molecule has 0 saturated heterocycles. The largest absolute Gasteiger partial charge is 0.490 e. The fourth-order valence-corrected chi connectivity index (χ4v) is 2.27. The number of benzene rings is 2. The van der Waals surface area contributed by atoms with Gasteiger partial charge in [0.15, 0.2) is 0 Å². The lowest BCUT2D eigenvalue weighted by Gasteiger charge is -2.12. The molecule has 0 aliphatic heterocycles. The lowest BCUT2D eigenvalue weighted by Crippen LogP contribution is -2.15. The maximum atomic E-state index is 13.6. The van der Waals surface area contributed by atoms with Gasteiger partial charge in [-0.2, -0.15) is 0 Å². The fourth-order valence-electron chi connectivity index (χ4n) is 1.96. The standard InChI is InChI=1S/C17H16F2INO3/c1-2-23-7-8-24-15-6-4-3-5-12(15)17(22)21-11-9-13(18)16(20)14(19)10-11/h3-6,9-10H,2,7-8H2,1H3,(H,21,22). The molecule has 2 aromatic rings.